The van der Waals surface area contributed by atoms with Gasteiger partial charge in [-0.3, -0.25) is 4.79 Å². The molecule has 0 unspecified atom stereocenters. The van der Waals surface area contributed by atoms with Crippen LogP contribution in [0, 0.1) is 11.8 Å². The molecule has 0 spiro atoms. The Morgan fingerprint density at radius 1 is 1.61 bits per heavy atom. The number of hydrogen-bond acceptors (Lipinski definition) is 5. The van der Waals surface area contributed by atoms with Gasteiger partial charge in [0.1, 0.15) is 5.56 Å². The fourth-order valence-corrected chi connectivity index (χ4v) is 1.38. The Kier molecular flexibility index (Phi) is 2.93. The molecule has 7 heteroatoms. The molecule has 0 aliphatic carbocycles. The standard InChI is InChI=1S/C11H7N3O4/c1-18-11-8(6-15)10-12-4-7(2-3-9(16)17)5-14(10)13-11/h4-6H,1H3,(H,16,17). The Labute approximate surface area is 101 Å². The van der Waals surface area contributed by atoms with E-state index in [1.54, 1.807) is 0 Å². The van der Waals surface area contributed by atoms with Gasteiger partial charge >= 0.3 is 5.97 Å². The highest BCUT2D eigenvalue weighted by Crippen LogP contribution is 2.18. The molecule has 0 aliphatic rings. The number of hydrogen-bond donors (Lipinski definition) is 1. The highest BCUT2D eigenvalue weighted by atomic mass is 16.5. The predicted octanol–water partition coefficient (Wildman–Crippen LogP) is -0.0135. The van der Waals surface area contributed by atoms with Gasteiger partial charge in [-0.2, -0.15) is 0 Å². The molecule has 0 fully saturated rings. The Bertz CT molecular complexity index is 693. The van der Waals surface area contributed by atoms with E-state index in [1.165, 1.54) is 24.0 Å². The zero-order chi connectivity index (χ0) is 13.1. The van der Waals surface area contributed by atoms with Gasteiger partial charge in [0.15, 0.2) is 11.9 Å². The molecule has 90 valence electrons. The zero-order valence-corrected chi connectivity index (χ0v) is 9.25. The maximum Gasteiger partial charge on any atom is 0.382 e. The van der Waals surface area contributed by atoms with E-state index < -0.39 is 5.97 Å². The van der Waals surface area contributed by atoms with Crippen molar-refractivity contribution in [1.82, 2.24) is 14.6 Å². The molecular formula is C11H7N3O4. The quantitative estimate of drug-likeness (QED) is 0.590. The summed E-state index contributed by atoms with van der Waals surface area (Å²) in [6.45, 7) is 0. The second kappa shape index (κ2) is 4.55. The fourth-order valence-electron chi connectivity index (χ4n) is 1.38. The summed E-state index contributed by atoms with van der Waals surface area (Å²) in [4.78, 5) is 25.2. The van der Waals surface area contributed by atoms with Crippen LogP contribution in [0.15, 0.2) is 12.4 Å². The first-order valence-corrected chi connectivity index (χ1v) is 4.78. The van der Waals surface area contributed by atoms with Crippen LogP contribution in [-0.2, 0) is 4.79 Å². The zero-order valence-electron chi connectivity index (χ0n) is 9.25. The summed E-state index contributed by atoms with van der Waals surface area (Å²) in [7, 11) is 1.39. The number of carboxylic acids is 1. The van der Waals surface area contributed by atoms with E-state index in [0.717, 1.165) is 0 Å². The summed E-state index contributed by atoms with van der Waals surface area (Å²) in [5.74, 6) is 3.28. The number of carboxylic acid groups (broad SMARTS) is 1. The van der Waals surface area contributed by atoms with Gasteiger partial charge in [-0.05, 0) is 0 Å². The van der Waals surface area contributed by atoms with Crippen molar-refractivity contribution in [2.75, 3.05) is 7.11 Å². The van der Waals surface area contributed by atoms with Gasteiger partial charge < -0.3 is 9.84 Å². The minimum absolute atomic E-state index is 0.154. The Morgan fingerprint density at radius 3 is 3.00 bits per heavy atom. The second-order valence-corrected chi connectivity index (χ2v) is 3.21. The molecule has 2 aromatic heterocycles. The van der Waals surface area contributed by atoms with Crippen molar-refractivity contribution in [3.05, 3.63) is 23.5 Å². The van der Waals surface area contributed by atoms with Crippen molar-refractivity contribution < 1.29 is 19.4 Å². The van der Waals surface area contributed by atoms with Gasteiger partial charge in [0.05, 0.1) is 12.7 Å². The van der Waals surface area contributed by atoms with Crippen LogP contribution in [0.1, 0.15) is 15.9 Å². The maximum absolute atomic E-state index is 10.9. The van der Waals surface area contributed by atoms with Gasteiger partial charge in [-0.25, -0.2) is 14.3 Å². The van der Waals surface area contributed by atoms with Crippen LogP contribution in [0.4, 0.5) is 0 Å². The molecule has 0 atom stereocenters. The Balaban J connectivity index is 2.57. The summed E-state index contributed by atoms with van der Waals surface area (Å²) >= 11 is 0. The van der Waals surface area contributed by atoms with E-state index in [1.807, 2.05) is 5.92 Å². The maximum atomic E-state index is 10.9. The molecule has 0 amide bonds. The average molecular weight is 245 g/mol. The van der Waals surface area contributed by atoms with Gasteiger partial charge in [0, 0.05) is 18.3 Å². The van der Waals surface area contributed by atoms with Crippen LogP contribution in [0.5, 0.6) is 5.88 Å². The van der Waals surface area contributed by atoms with Crippen molar-refractivity contribution >= 4 is 17.9 Å². The van der Waals surface area contributed by atoms with Crippen LogP contribution in [0.2, 0.25) is 0 Å². The van der Waals surface area contributed by atoms with Crippen molar-refractivity contribution in [3.8, 4) is 17.7 Å². The molecular weight excluding hydrogens is 238 g/mol. The number of carbonyl (C=O) groups is 2. The van der Waals surface area contributed by atoms with Crippen LogP contribution in [0.25, 0.3) is 5.65 Å². The summed E-state index contributed by atoms with van der Waals surface area (Å²) in [6.07, 6.45) is 3.42. The largest absolute Gasteiger partial charge is 0.479 e. The molecule has 0 radical (unpaired) electrons. The van der Waals surface area contributed by atoms with E-state index in [0.29, 0.717) is 17.5 Å². The number of fused-ring (bicyclic) bond motifs is 1. The van der Waals surface area contributed by atoms with Gasteiger partial charge in [0.2, 0.25) is 5.88 Å². The van der Waals surface area contributed by atoms with E-state index in [2.05, 4.69) is 16.0 Å². The molecule has 2 heterocycles. The molecule has 2 rings (SSSR count). The lowest BCUT2D eigenvalue weighted by Gasteiger charge is -1.92. The second-order valence-electron chi connectivity index (χ2n) is 3.21. The van der Waals surface area contributed by atoms with Crippen molar-refractivity contribution in [2.45, 2.75) is 0 Å². The van der Waals surface area contributed by atoms with E-state index >= 15 is 0 Å². The summed E-state index contributed by atoms with van der Waals surface area (Å²) < 4.78 is 6.24. The van der Waals surface area contributed by atoms with Crippen molar-refractivity contribution in [3.63, 3.8) is 0 Å². The van der Waals surface area contributed by atoms with Crippen LogP contribution < -0.4 is 4.74 Å². The molecule has 0 aliphatic heterocycles. The summed E-state index contributed by atoms with van der Waals surface area (Å²) in [6, 6.07) is 0. The number of rotatable bonds is 2. The normalized spacial score (nSPS) is 9.61. The molecule has 0 bridgehead atoms. The summed E-state index contributed by atoms with van der Waals surface area (Å²) in [5, 5.41) is 12.4. The number of aromatic nitrogens is 3. The van der Waals surface area contributed by atoms with Gasteiger partial charge in [-0.1, -0.05) is 5.92 Å². The first kappa shape index (κ1) is 11.6. The smallest absolute Gasteiger partial charge is 0.382 e. The SMILES string of the molecule is COc1nn2cc(C#CC(=O)O)cnc2c1C=O. The molecule has 7 nitrogen and oxygen atoms in total. The number of carbonyl (C=O) groups excluding carboxylic acids is 1. The number of ether oxygens (including phenoxy) is 1. The van der Waals surface area contributed by atoms with Crippen LogP contribution in [-0.4, -0.2) is 39.1 Å². The van der Waals surface area contributed by atoms with Gasteiger partial charge in [-0.15, -0.1) is 5.10 Å². The average Bonchev–Trinajstić information content (AvgIpc) is 2.72. The molecule has 0 saturated carbocycles. The van der Waals surface area contributed by atoms with Crippen LogP contribution in [0.3, 0.4) is 0 Å². The predicted molar refractivity (Wildman–Crippen MR) is 59.4 cm³/mol. The fraction of sp³-hybridized carbons (Fsp3) is 0.0909. The number of aliphatic carboxylic acids is 1. The number of aldehydes is 1. The highest BCUT2D eigenvalue weighted by molar-refractivity contribution is 5.88. The minimum atomic E-state index is -1.23. The molecule has 1 N–H and O–H groups in total. The molecule has 2 aromatic rings. The molecule has 18 heavy (non-hydrogen) atoms. The summed E-state index contributed by atoms with van der Waals surface area (Å²) in [5.41, 5.74) is 0.922. The number of nitrogens with zero attached hydrogens (tertiary/aromatic N) is 3. The van der Waals surface area contributed by atoms with Crippen molar-refractivity contribution in [2.24, 2.45) is 0 Å². The lowest BCUT2D eigenvalue weighted by atomic mass is 10.3. The molecule has 0 saturated heterocycles. The number of methoxy groups -OCH3 is 1. The van der Waals surface area contributed by atoms with E-state index in [4.69, 9.17) is 9.84 Å². The first-order chi connectivity index (χ1) is 8.65. The lowest BCUT2D eigenvalue weighted by molar-refractivity contribution is -0.130. The monoisotopic (exact) mass is 245 g/mol. The van der Waals surface area contributed by atoms with Gasteiger partial charge in [0.25, 0.3) is 0 Å². The lowest BCUT2D eigenvalue weighted by Crippen LogP contribution is -1.93. The van der Waals surface area contributed by atoms with Crippen molar-refractivity contribution in [1.29, 1.82) is 0 Å². The third-order valence-electron chi connectivity index (χ3n) is 2.10. The third kappa shape index (κ3) is 1.99. The first-order valence-electron chi connectivity index (χ1n) is 4.78. The van der Waals surface area contributed by atoms with E-state index in [9.17, 15) is 9.59 Å². The van der Waals surface area contributed by atoms with Crippen LogP contribution >= 0.6 is 0 Å². The topological polar surface area (TPSA) is 93.8 Å². The molecule has 0 aromatic carbocycles. The highest BCUT2D eigenvalue weighted by Gasteiger charge is 2.13. The Hall–Kier alpha value is -2.88. The third-order valence-corrected chi connectivity index (χ3v) is 2.10. The Morgan fingerprint density at radius 2 is 2.39 bits per heavy atom. The van der Waals surface area contributed by atoms with E-state index in [-0.39, 0.29) is 11.4 Å². The minimum Gasteiger partial charge on any atom is -0.479 e.